The zero-order valence-electron chi connectivity index (χ0n) is 12.9. The van der Waals surface area contributed by atoms with Gasteiger partial charge in [-0.1, -0.05) is 31.4 Å². The van der Waals surface area contributed by atoms with Gasteiger partial charge < -0.3 is 10.2 Å². The molecule has 0 saturated heterocycles. The minimum Gasteiger partial charge on any atom is -0.508 e. The lowest BCUT2D eigenvalue weighted by molar-refractivity contribution is -0.141. The molecule has 4 nitrogen and oxygen atoms in total. The zero-order valence-corrected chi connectivity index (χ0v) is 12.9. The Morgan fingerprint density at radius 1 is 1.24 bits per heavy atom. The van der Waals surface area contributed by atoms with E-state index in [-0.39, 0.29) is 23.8 Å². The van der Waals surface area contributed by atoms with Crippen LogP contribution in [0, 0.1) is 0 Å². The van der Waals surface area contributed by atoms with Crippen LogP contribution in [-0.4, -0.2) is 33.7 Å². The average Bonchev–Trinajstić information content (AvgIpc) is 2.47. The number of phenolic OH excluding ortho intramolecular Hbond substituents is 1. The highest BCUT2D eigenvalue weighted by Gasteiger charge is 2.40. The van der Waals surface area contributed by atoms with Crippen LogP contribution in [0.1, 0.15) is 57.1 Å². The first kappa shape index (κ1) is 15.8. The molecule has 0 aliphatic heterocycles. The maximum atomic E-state index is 11.3. The van der Waals surface area contributed by atoms with Crippen LogP contribution < -0.4 is 0 Å². The van der Waals surface area contributed by atoms with Crippen molar-refractivity contribution in [2.24, 2.45) is 0 Å². The number of phenols is 1. The Kier molecular flexibility index (Phi) is 4.88. The first-order chi connectivity index (χ1) is 9.94. The molecule has 2 N–H and O–H groups in total. The SMILES string of the molecule is CC(c1ccc(O)cc1)N(C)C1(CC(=O)O)CCCCC1. The second kappa shape index (κ2) is 6.48. The Labute approximate surface area is 126 Å². The molecule has 0 bridgehead atoms. The zero-order chi connectivity index (χ0) is 15.5. The number of rotatable bonds is 5. The fourth-order valence-electron chi connectivity index (χ4n) is 3.53. The van der Waals surface area contributed by atoms with Gasteiger partial charge in [0.05, 0.1) is 6.42 Å². The normalized spacial score (nSPS) is 19.4. The van der Waals surface area contributed by atoms with Crippen LogP contribution in [0.2, 0.25) is 0 Å². The third-order valence-corrected chi connectivity index (χ3v) is 4.97. The van der Waals surface area contributed by atoms with Crippen molar-refractivity contribution in [2.45, 2.75) is 57.0 Å². The predicted octanol–water partition coefficient (Wildman–Crippen LogP) is 3.56. The Balaban J connectivity index is 2.22. The quantitative estimate of drug-likeness (QED) is 0.870. The molecule has 0 amide bonds. The maximum absolute atomic E-state index is 11.3. The molecule has 1 aromatic carbocycles. The fraction of sp³-hybridized carbons (Fsp3) is 0.588. The molecule has 1 aliphatic carbocycles. The van der Waals surface area contributed by atoms with E-state index in [0.717, 1.165) is 31.2 Å². The summed E-state index contributed by atoms with van der Waals surface area (Å²) in [7, 11) is 2.03. The van der Waals surface area contributed by atoms with Gasteiger partial charge in [-0.15, -0.1) is 0 Å². The van der Waals surface area contributed by atoms with E-state index in [4.69, 9.17) is 0 Å². The molecule has 1 unspecified atom stereocenters. The number of carboxylic acids is 1. The molecule has 0 radical (unpaired) electrons. The highest BCUT2D eigenvalue weighted by atomic mass is 16.4. The van der Waals surface area contributed by atoms with Crippen molar-refractivity contribution in [3.8, 4) is 5.75 Å². The van der Waals surface area contributed by atoms with Crippen molar-refractivity contribution in [1.82, 2.24) is 4.90 Å². The van der Waals surface area contributed by atoms with Gasteiger partial charge in [-0.2, -0.15) is 0 Å². The summed E-state index contributed by atoms with van der Waals surface area (Å²) in [5, 5.41) is 18.7. The molecule has 1 fully saturated rings. The van der Waals surface area contributed by atoms with E-state index in [2.05, 4.69) is 11.8 Å². The molecule has 21 heavy (non-hydrogen) atoms. The third kappa shape index (κ3) is 3.56. The number of hydrogen-bond donors (Lipinski definition) is 2. The average molecular weight is 291 g/mol. The maximum Gasteiger partial charge on any atom is 0.305 e. The summed E-state index contributed by atoms with van der Waals surface area (Å²) in [5.74, 6) is -0.465. The number of hydrogen-bond acceptors (Lipinski definition) is 3. The van der Waals surface area contributed by atoms with Gasteiger partial charge in [0.15, 0.2) is 0 Å². The van der Waals surface area contributed by atoms with E-state index in [0.29, 0.717) is 0 Å². The highest BCUT2D eigenvalue weighted by molar-refractivity contribution is 5.68. The minimum absolute atomic E-state index is 0.128. The van der Waals surface area contributed by atoms with Gasteiger partial charge in [-0.05, 0) is 44.5 Å². The fourth-order valence-corrected chi connectivity index (χ4v) is 3.53. The number of aliphatic carboxylic acids is 1. The number of aromatic hydroxyl groups is 1. The van der Waals surface area contributed by atoms with Gasteiger partial charge in [0.1, 0.15) is 5.75 Å². The van der Waals surface area contributed by atoms with Crippen LogP contribution in [0.25, 0.3) is 0 Å². The second-order valence-corrected chi connectivity index (χ2v) is 6.23. The summed E-state index contributed by atoms with van der Waals surface area (Å²) in [6, 6.07) is 7.32. The topological polar surface area (TPSA) is 60.8 Å². The van der Waals surface area contributed by atoms with Crippen molar-refractivity contribution in [3.05, 3.63) is 29.8 Å². The van der Waals surface area contributed by atoms with Gasteiger partial charge in [0.25, 0.3) is 0 Å². The molecular weight excluding hydrogens is 266 g/mol. The summed E-state index contributed by atoms with van der Waals surface area (Å²) in [4.78, 5) is 13.6. The van der Waals surface area contributed by atoms with Crippen LogP contribution in [0.3, 0.4) is 0 Å². The van der Waals surface area contributed by atoms with Crippen LogP contribution >= 0.6 is 0 Å². The predicted molar refractivity (Wildman–Crippen MR) is 82.4 cm³/mol. The Hall–Kier alpha value is -1.55. The summed E-state index contributed by atoms with van der Waals surface area (Å²) < 4.78 is 0. The van der Waals surface area contributed by atoms with Crippen molar-refractivity contribution in [2.75, 3.05) is 7.05 Å². The summed E-state index contributed by atoms with van der Waals surface area (Å²) in [6.07, 6.45) is 5.48. The van der Waals surface area contributed by atoms with Crippen molar-refractivity contribution in [3.63, 3.8) is 0 Å². The van der Waals surface area contributed by atoms with Crippen molar-refractivity contribution < 1.29 is 15.0 Å². The Bertz CT molecular complexity index is 477. The van der Waals surface area contributed by atoms with Gasteiger partial charge in [0, 0.05) is 11.6 Å². The molecule has 1 aliphatic rings. The largest absolute Gasteiger partial charge is 0.508 e. The van der Waals surface area contributed by atoms with Gasteiger partial charge in [-0.3, -0.25) is 9.69 Å². The van der Waals surface area contributed by atoms with Crippen molar-refractivity contribution in [1.29, 1.82) is 0 Å². The van der Waals surface area contributed by atoms with E-state index in [1.165, 1.54) is 6.42 Å². The summed E-state index contributed by atoms with van der Waals surface area (Å²) in [5.41, 5.74) is 0.854. The van der Waals surface area contributed by atoms with E-state index >= 15 is 0 Å². The second-order valence-electron chi connectivity index (χ2n) is 6.23. The lowest BCUT2D eigenvalue weighted by Gasteiger charge is -2.47. The Morgan fingerprint density at radius 3 is 2.33 bits per heavy atom. The first-order valence-corrected chi connectivity index (χ1v) is 7.68. The van der Waals surface area contributed by atoms with Gasteiger partial charge >= 0.3 is 5.97 Å². The standard InChI is InChI=1S/C17H25NO3/c1-13(14-6-8-15(19)9-7-14)18(2)17(12-16(20)21)10-4-3-5-11-17/h6-9,13,19H,3-5,10-12H2,1-2H3,(H,20,21). The molecule has 4 heteroatoms. The molecule has 1 aromatic rings. The van der Waals surface area contributed by atoms with Crippen LogP contribution in [0.15, 0.2) is 24.3 Å². The van der Waals surface area contributed by atoms with E-state index in [1.807, 2.05) is 19.2 Å². The van der Waals surface area contributed by atoms with E-state index in [1.54, 1.807) is 12.1 Å². The molecule has 116 valence electrons. The summed E-state index contributed by atoms with van der Waals surface area (Å²) >= 11 is 0. The molecule has 0 aromatic heterocycles. The van der Waals surface area contributed by atoms with E-state index < -0.39 is 5.97 Å². The Morgan fingerprint density at radius 2 is 1.81 bits per heavy atom. The highest BCUT2D eigenvalue weighted by Crippen LogP contribution is 2.40. The molecular formula is C17H25NO3. The van der Waals surface area contributed by atoms with Gasteiger partial charge in [0.2, 0.25) is 0 Å². The van der Waals surface area contributed by atoms with Crippen LogP contribution in [-0.2, 0) is 4.79 Å². The molecule has 2 rings (SSSR count). The number of carboxylic acid groups (broad SMARTS) is 1. The number of nitrogens with zero attached hydrogens (tertiary/aromatic N) is 1. The molecule has 1 saturated carbocycles. The number of carbonyl (C=O) groups is 1. The first-order valence-electron chi connectivity index (χ1n) is 7.68. The lowest BCUT2D eigenvalue weighted by Crippen LogP contribution is -2.50. The van der Waals surface area contributed by atoms with E-state index in [9.17, 15) is 15.0 Å². The number of benzene rings is 1. The minimum atomic E-state index is -0.721. The van der Waals surface area contributed by atoms with Gasteiger partial charge in [-0.25, -0.2) is 0 Å². The summed E-state index contributed by atoms with van der Waals surface area (Å²) in [6.45, 7) is 2.10. The molecule has 0 heterocycles. The lowest BCUT2D eigenvalue weighted by atomic mass is 9.77. The molecule has 0 spiro atoms. The smallest absolute Gasteiger partial charge is 0.305 e. The van der Waals surface area contributed by atoms with Crippen LogP contribution in [0.5, 0.6) is 5.75 Å². The monoisotopic (exact) mass is 291 g/mol. The molecule has 1 atom stereocenters. The third-order valence-electron chi connectivity index (χ3n) is 4.97. The van der Waals surface area contributed by atoms with Crippen LogP contribution in [0.4, 0.5) is 0 Å². The van der Waals surface area contributed by atoms with Crippen molar-refractivity contribution >= 4 is 5.97 Å².